The third-order valence-corrected chi connectivity index (χ3v) is 7.65. The Morgan fingerprint density at radius 2 is 1.88 bits per heavy atom. The van der Waals surface area contributed by atoms with E-state index in [1.807, 2.05) is 31.2 Å². The van der Waals surface area contributed by atoms with Crippen molar-refractivity contribution >= 4 is 56.9 Å². The fourth-order valence-corrected chi connectivity index (χ4v) is 5.83. The van der Waals surface area contributed by atoms with Crippen LogP contribution < -0.4 is 10.5 Å². The molecule has 1 aromatic heterocycles. The number of nitrogens with zero attached hydrogens (tertiary/aromatic N) is 4. The molecule has 0 bridgehead atoms. The van der Waals surface area contributed by atoms with Crippen molar-refractivity contribution in [3.63, 3.8) is 0 Å². The summed E-state index contributed by atoms with van der Waals surface area (Å²) < 4.78 is 7.35. The molecule has 182 valence electrons. The molecule has 2 saturated heterocycles. The maximum Gasteiger partial charge on any atom is 0.266 e. The number of benzene rings is 1. The number of hydrogen-bond donors (Lipinski definition) is 1. The third-order valence-electron chi connectivity index (χ3n) is 6.27. The van der Waals surface area contributed by atoms with Gasteiger partial charge < -0.3 is 19.3 Å². The Balaban J connectivity index is 1.83. The first-order valence-corrected chi connectivity index (χ1v) is 12.7. The first-order chi connectivity index (χ1) is 16.5. The molecule has 34 heavy (non-hydrogen) atoms. The first kappa shape index (κ1) is 24.9. The van der Waals surface area contributed by atoms with Crippen molar-refractivity contribution in [2.24, 2.45) is 0 Å². The van der Waals surface area contributed by atoms with E-state index in [0.717, 1.165) is 42.8 Å². The number of ether oxygens (including phenoxy) is 1. The molecule has 0 saturated carbocycles. The van der Waals surface area contributed by atoms with Crippen LogP contribution in [0.5, 0.6) is 0 Å². The van der Waals surface area contributed by atoms with Gasteiger partial charge in [0.05, 0.1) is 41.4 Å². The van der Waals surface area contributed by atoms with Gasteiger partial charge in [0, 0.05) is 51.8 Å². The number of pyridine rings is 1. The first-order valence-electron chi connectivity index (χ1n) is 11.5. The molecule has 0 radical (unpaired) electrons. The molecule has 1 N–H and O–H groups in total. The lowest BCUT2D eigenvalue weighted by Gasteiger charge is -2.37. The number of methoxy groups -OCH3 is 1. The number of thioether (sulfide) groups is 1. The number of amides is 1. The van der Waals surface area contributed by atoms with Gasteiger partial charge in [0.1, 0.15) is 4.32 Å². The smallest absolute Gasteiger partial charge is 0.266 e. The summed E-state index contributed by atoms with van der Waals surface area (Å²) in [7, 11) is 1.59. The second-order valence-corrected chi connectivity index (χ2v) is 9.88. The fraction of sp³-hybridized carbons (Fsp3) is 0.458. The molecule has 8 nitrogen and oxygen atoms in total. The van der Waals surface area contributed by atoms with Crippen molar-refractivity contribution in [2.75, 3.05) is 64.5 Å². The summed E-state index contributed by atoms with van der Waals surface area (Å²) in [5, 5.41) is 10.3. The average molecular weight is 503 g/mol. The van der Waals surface area contributed by atoms with Crippen molar-refractivity contribution in [3.05, 3.63) is 45.1 Å². The molecule has 0 spiro atoms. The number of β-amino-alcohol motifs (C(OH)–C–C–N with tert-alkyl or cyclic N) is 1. The fourth-order valence-electron chi connectivity index (χ4n) is 4.54. The Morgan fingerprint density at radius 3 is 2.56 bits per heavy atom. The summed E-state index contributed by atoms with van der Waals surface area (Å²) in [6.45, 7) is 7.08. The summed E-state index contributed by atoms with van der Waals surface area (Å²) in [6, 6.07) is 7.93. The minimum absolute atomic E-state index is 0.115. The van der Waals surface area contributed by atoms with Crippen LogP contribution in [0.15, 0.2) is 34.0 Å². The summed E-state index contributed by atoms with van der Waals surface area (Å²) in [5.74, 6) is -0.193. The molecule has 2 aliphatic heterocycles. The number of hydrogen-bond acceptors (Lipinski definition) is 8. The van der Waals surface area contributed by atoms with Gasteiger partial charge in [-0.3, -0.25) is 19.4 Å². The second-order valence-electron chi connectivity index (χ2n) is 8.21. The molecule has 1 amide bonds. The highest BCUT2D eigenvalue weighted by atomic mass is 32.2. The van der Waals surface area contributed by atoms with Gasteiger partial charge in [-0.15, -0.1) is 0 Å². The Hall–Kier alpha value is -2.24. The molecule has 1 aromatic carbocycles. The minimum atomic E-state index is -0.193. The number of fused-ring (bicyclic) bond motifs is 1. The van der Waals surface area contributed by atoms with Gasteiger partial charge in [-0.2, -0.15) is 0 Å². The lowest BCUT2D eigenvalue weighted by Crippen LogP contribution is -2.48. The number of para-hydroxylation sites is 1. The number of carbonyl (C=O) groups excluding carboxylic acids is 1. The third kappa shape index (κ3) is 4.78. The highest BCUT2D eigenvalue weighted by Gasteiger charge is 2.33. The summed E-state index contributed by atoms with van der Waals surface area (Å²) in [4.78, 5) is 33.3. The molecule has 2 aromatic rings. The number of aromatic nitrogens is 1. The molecule has 2 aliphatic rings. The average Bonchev–Trinajstić information content (AvgIpc) is 3.11. The number of anilines is 1. The molecule has 10 heteroatoms. The SMILES string of the molecule is CCn1c(=O)c(C=C2SC(=S)N(CCOC)C2=O)c(N2CCN(CCO)CC2)c2ccccc21. The zero-order chi connectivity index (χ0) is 24.2. The van der Waals surface area contributed by atoms with Crippen LogP contribution >= 0.6 is 24.0 Å². The number of piperazine rings is 1. The Kier molecular flexibility index (Phi) is 8.05. The van der Waals surface area contributed by atoms with Gasteiger partial charge in [-0.05, 0) is 19.1 Å². The van der Waals surface area contributed by atoms with Gasteiger partial charge in [-0.1, -0.05) is 42.2 Å². The molecular formula is C24H30N4O4S2. The molecule has 3 heterocycles. The van der Waals surface area contributed by atoms with Gasteiger partial charge in [-0.25, -0.2) is 0 Å². The van der Waals surface area contributed by atoms with Gasteiger partial charge in [0.25, 0.3) is 11.5 Å². The van der Waals surface area contributed by atoms with Crippen LogP contribution in [0.4, 0.5) is 5.69 Å². The normalized spacial score (nSPS) is 18.6. The van der Waals surface area contributed by atoms with E-state index in [-0.39, 0.29) is 18.1 Å². The van der Waals surface area contributed by atoms with Crippen molar-refractivity contribution in [1.82, 2.24) is 14.4 Å². The standard InChI is InChI=1S/C24H30N4O4S2/c1-3-27-19-7-5-4-6-17(19)21(26-10-8-25(9-11-26)12-14-29)18(22(27)30)16-20-23(31)28(13-15-32-2)24(33)34-20/h4-7,16,29H,3,8-15H2,1-2H3. The number of aryl methyl sites for hydroxylation is 1. The molecule has 0 atom stereocenters. The maximum absolute atomic E-state index is 13.7. The second kappa shape index (κ2) is 11.0. The molecule has 2 fully saturated rings. The number of rotatable bonds is 8. The van der Waals surface area contributed by atoms with Crippen LogP contribution in [0.25, 0.3) is 17.0 Å². The van der Waals surface area contributed by atoms with Crippen molar-refractivity contribution in [1.29, 1.82) is 0 Å². The number of aliphatic hydroxyl groups is 1. The molecular weight excluding hydrogens is 472 g/mol. The van der Waals surface area contributed by atoms with E-state index in [1.165, 1.54) is 16.7 Å². The van der Waals surface area contributed by atoms with Crippen molar-refractivity contribution in [3.8, 4) is 0 Å². The van der Waals surface area contributed by atoms with E-state index in [9.17, 15) is 14.7 Å². The van der Waals surface area contributed by atoms with Crippen LogP contribution in [0, 0.1) is 0 Å². The van der Waals surface area contributed by atoms with E-state index in [4.69, 9.17) is 17.0 Å². The topological polar surface area (TPSA) is 78.2 Å². The molecule has 4 rings (SSSR count). The van der Waals surface area contributed by atoms with Crippen LogP contribution in [0.2, 0.25) is 0 Å². The minimum Gasteiger partial charge on any atom is -0.395 e. The van der Waals surface area contributed by atoms with E-state index in [2.05, 4.69) is 9.80 Å². The van der Waals surface area contributed by atoms with Crippen molar-refractivity contribution in [2.45, 2.75) is 13.5 Å². The number of thiocarbonyl (C=S) groups is 1. The van der Waals surface area contributed by atoms with E-state index < -0.39 is 0 Å². The Bertz CT molecular complexity index is 1170. The molecule has 0 unspecified atom stereocenters. The van der Waals surface area contributed by atoms with Gasteiger partial charge in [0.2, 0.25) is 0 Å². The Labute approximate surface area is 208 Å². The highest BCUT2D eigenvalue weighted by molar-refractivity contribution is 8.26. The van der Waals surface area contributed by atoms with Gasteiger partial charge in [0.15, 0.2) is 0 Å². The molecule has 0 aliphatic carbocycles. The summed E-state index contributed by atoms with van der Waals surface area (Å²) >= 11 is 6.66. The summed E-state index contributed by atoms with van der Waals surface area (Å²) in [6.07, 6.45) is 1.72. The van der Waals surface area contributed by atoms with Crippen LogP contribution in [-0.2, 0) is 16.1 Å². The van der Waals surface area contributed by atoms with Crippen LogP contribution in [-0.4, -0.2) is 89.3 Å². The number of carbonyl (C=O) groups is 1. The maximum atomic E-state index is 13.7. The largest absolute Gasteiger partial charge is 0.395 e. The van der Waals surface area contributed by atoms with E-state index in [0.29, 0.717) is 41.0 Å². The quantitative estimate of drug-likeness (QED) is 0.434. The number of aliphatic hydroxyl groups excluding tert-OH is 1. The zero-order valence-electron chi connectivity index (χ0n) is 19.5. The van der Waals surface area contributed by atoms with E-state index in [1.54, 1.807) is 17.8 Å². The predicted molar refractivity (Wildman–Crippen MR) is 141 cm³/mol. The van der Waals surface area contributed by atoms with E-state index >= 15 is 0 Å². The Morgan fingerprint density at radius 1 is 1.15 bits per heavy atom. The predicted octanol–water partition coefficient (Wildman–Crippen LogP) is 1.98. The van der Waals surface area contributed by atoms with Crippen LogP contribution in [0.3, 0.4) is 0 Å². The lowest BCUT2D eigenvalue weighted by atomic mass is 10.0. The monoisotopic (exact) mass is 502 g/mol. The van der Waals surface area contributed by atoms with Crippen molar-refractivity contribution < 1.29 is 14.6 Å². The zero-order valence-corrected chi connectivity index (χ0v) is 21.2. The van der Waals surface area contributed by atoms with Gasteiger partial charge >= 0.3 is 0 Å². The highest BCUT2D eigenvalue weighted by Crippen LogP contribution is 2.36. The van der Waals surface area contributed by atoms with Crippen LogP contribution in [0.1, 0.15) is 12.5 Å². The lowest BCUT2D eigenvalue weighted by molar-refractivity contribution is -0.122. The summed E-state index contributed by atoms with van der Waals surface area (Å²) in [5.41, 5.74) is 2.14.